The van der Waals surface area contributed by atoms with E-state index in [1.54, 1.807) is 37.3 Å². The summed E-state index contributed by atoms with van der Waals surface area (Å²) in [7, 11) is 0. The van der Waals surface area contributed by atoms with Gasteiger partial charge in [-0.05, 0) is 58.7 Å². The van der Waals surface area contributed by atoms with E-state index in [2.05, 4.69) is 31.9 Å². The van der Waals surface area contributed by atoms with Gasteiger partial charge in [0.25, 0.3) is 0 Å². The molecule has 2 aromatic rings. The zero-order valence-electron chi connectivity index (χ0n) is 10.0. The minimum Gasteiger partial charge on any atom is -0.453 e. The third-order valence-electron chi connectivity index (χ3n) is 2.55. The van der Waals surface area contributed by atoms with E-state index in [-0.39, 0.29) is 5.75 Å². The number of aliphatic hydroxyl groups is 1. The molecule has 0 saturated heterocycles. The molecule has 0 radical (unpaired) electrons. The summed E-state index contributed by atoms with van der Waals surface area (Å²) < 4.78 is 20.5. The van der Waals surface area contributed by atoms with Crippen LogP contribution in [-0.2, 0) is 0 Å². The van der Waals surface area contributed by atoms with Crippen LogP contribution in [0.5, 0.6) is 11.5 Å². The molecule has 2 aromatic carbocycles. The van der Waals surface area contributed by atoms with Gasteiger partial charge < -0.3 is 9.84 Å². The van der Waals surface area contributed by atoms with Crippen molar-refractivity contribution < 1.29 is 14.2 Å². The number of halogens is 3. The van der Waals surface area contributed by atoms with Crippen LogP contribution in [0, 0.1) is 5.82 Å². The second kappa shape index (κ2) is 6.03. The van der Waals surface area contributed by atoms with Crippen molar-refractivity contribution in [3.8, 4) is 11.5 Å². The molecule has 0 aromatic heterocycles. The Morgan fingerprint density at radius 3 is 2.47 bits per heavy atom. The summed E-state index contributed by atoms with van der Waals surface area (Å²) in [5.74, 6) is 0.191. The molecular formula is C14H11Br2FO2. The maximum absolute atomic E-state index is 13.6. The van der Waals surface area contributed by atoms with Crippen molar-refractivity contribution >= 4 is 31.9 Å². The second-order valence-electron chi connectivity index (χ2n) is 4.04. The van der Waals surface area contributed by atoms with E-state index in [1.165, 1.54) is 6.07 Å². The first kappa shape index (κ1) is 14.5. The Hall–Kier alpha value is -0.910. The molecule has 5 heteroatoms. The fourth-order valence-corrected chi connectivity index (χ4v) is 2.35. The summed E-state index contributed by atoms with van der Waals surface area (Å²) in [6, 6.07) is 9.67. The number of ether oxygens (including phenoxy) is 1. The largest absolute Gasteiger partial charge is 0.453 e. The SMILES string of the molecule is CC(O)c1ccc(Oc2cc(Br)ccc2F)c(Br)c1. The maximum atomic E-state index is 13.6. The topological polar surface area (TPSA) is 29.5 Å². The van der Waals surface area contributed by atoms with Crippen molar-refractivity contribution in [3.63, 3.8) is 0 Å². The molecule has 0 amide bonds. The summed E-state index contributed by atoms with van der Waals surface area (Å²) >= 11 is 6.61. The Morgan fingerprint density at radius 1 is 1.11 bits per heavy atom. The minimum absolute atomic E-state index is 0.139. The summed E-state index contributed by atoms with van der Waals surface area (Å²) in [6.45, 7) is 1.68. The Kier molecular flexibility index (Phi) is 4.60. The van der Waals surface area contributed by atoms with Crippen molar-refractivity contribution in [1.29, 1.82) is 0 Å². The summed E-state index contributed by atoms with van der Waals surface area (Å²) in [5.41, 5.74) is 0.758. The van der Waals surface area contributed by atoms with Gasteiger partial charge in [0.05, 0.1) is 10.6 Å². The number of benzene rings is 2. The van der Waals surface area contributed by atoms with Crippen molar-refractivity contribution in [2.45, 2.75) is 13.0 Å². The van der Waals surface area contributed by atoms with Gasteiger partial charge in [0.15, 0.2) is 11.6 Å². The van der Waals surface area contributed by atoms with Gasteiger partial charge in [-0.2, -0.15) is 0 Å². The predicted molar refractivity (Wildman–Crippen MR) is 78.9 cm³/mol. The standard InChI is InChI=1S/C14H11Br2FO2/c1-8(18)9-2-5-13(11(16)6-9)19-14-7-10(15)3-4-12(14)17/h2-8,18H,1H3. The second-order valence-corrected chi connectivity index (χ2v) is 5.81. The molecule has 0 aliphatic heterocycles. The maximum Gasteiger partial charge on any atom is 0.165 e. The monoisotopic (exact) mass is 388 g/mol. The van der Waals surface area contributed by atoms with Gasteiger partial charge in [0, 0.05) is 4.47 Å². The molecule has 0 heterocycles. The highest BCUT2D eigenvalue weighted by Gasteiger charge is 2.10. The fourth-order valence-electron chi connectivity index (χ4n) is 1.53. The van der Waals surface area contributed by atoms with Crippen LogP contribution in [0.15, 0.2) is 45.3 Å². The van der Waals surface area contributed by atoms with Crippen LogP contribution < -0.4 is 4.74 Å². The Labute approximate surface area is 127 Å². The third kappa shape index (κ3) is 3.55. The lowest BCUT2D eigenvalue weighted by atomic mass is 10.1. The van der Waals surface area contributed by atoms with E-state index < -0.39 is 11.9 Å². The van der Waals surface area contributed by atoms with E-state index in [0.29, 0.717) is 10.2 Å². The number of hydrogen-bond donors (Lipinski definition) is 1. The van der Waals surface area contributed by atoms with Crippen molar-refractivity contribution in [2.24, 2.45) is 0 Å². The van der Waals surface area contributed by atoms with Gasteiger partial charge in [-0.15, -0.1) is 0 Å². The van der Waals surface area contributed by atoms with Gasteiger partial charge in [-0.25, -0.2) is 4.39 Å². The van der Waals surface area contributed by atoms with E-state index in [1.807, 2.05) is 0 Å². The zero-order chi connectivity index (χ0) is 14.0. The normalized spacial score (nSPS) is 12.3. The molecule has 0 bridgehead atoms. The van der Waals surface area contributed by atoms with Crippen LogP contribution >= 0.6 is 31.9 Å². The Bertz CT molecular complexity index is 600. The molecule has 19 heavy (non-hydrogen) atoms. The molecule has 0 saturated carbocycles. The molecule has 0 spiro atoms. The van der Waals surface area contributed by atoms with E-state index in [4.69, 9.17) is 4.74 Å². The van der Waals surface area contributed by atoms with Crippen molar-refractivity contribution in [3.05, 3.63) is 56.7 Å². The van der Waals surface area contributed by atoms with Crippen LogP contribution in [0.3, 0.4) is 0 Å². The molecule has 0 fully saturated rings. The zero-order valence-corrected chi connectivity index (χ0v) is 13.2. The van der Waals surface area contributed by atoms with Crippen molar-refractivity contribution in [2.75, 3.05) is 0 Å². The summed E-state index contributed by atoms with van der Waals surface area (Å²) in [6.07, 6.45) is -0.562. The highest BCUT2D eigenvalue weighted by molar-refractivity contribution is 9.10. The average Bonchev–Trinajstić information content (AvgIpc) is 2.36. The molecule has 1 atom stereocenters. The Balaban J connectivity index is 2.31. The summed E-state index contributed by atoms with van der Waals surface area (Å²) in [5, 5.41) is 9.48. The lowest BCUT2D eigenvalue weighted by molar-refractivity contribution is 0.199. The molecular weight excluding hydrogens is 379 g/mol. The lowest BCUT2D eigenvalue weighted by Crippen LogP contribution is -1.93. The number of aliphatic hydroxyl groups excluding tert-OH is 1. The van der Waals surface area contributed by atoms with Gasteiger partial charge in [-0.1, -0.05) is 22.0 Å². The first-order valence-corrected chi connectivity index (χ1v) is 7.16. The van der Waals surface area contributed by atoms with Gasteiger partial charge >= 0.3 is 0 Å². The van der Waals surface area contributed by atoms with Crippen molar-refractivity contribution in [1.82, 2.24) is 0 Å². The van der Waals surface area contributed by atoms with E-state index >= 15 is 0 Å². The molecule has 0 aliphatic rings. The smallest absolute Gasteiger partial charge is 0.165 e. The van der Waals surface area contributed by atoms with Crippen LogP contribution in [0.2, 0.25) is 0 Å². The third-order valence-corrected chi connectivity index (χ3v) is 3.66. The molecule has 2 nitrogen and oxygen atoms in total. The molecule has 100 valence electrons. The number of hydrogen-bond acceptors (Lipinski definition) is 2. The molecule has 0 aliphatic carbocycles. The minimum atomic E-state index is -0.562. The number of rotatable bonds is 3. The van der Waals surface area contributed by atoms with Crippen LogP contribution in [0.4, 0.5) is 4.39 Å². The summed E-state index contributed by atoms with van der Waals surface area (Å²) in [4.78, 5) is 0. The molecule has 1 unspecified atom stereocenters. The van der Waals surface area contributed by atoms with Gasteiger partial charge in [-0.3, -0.25) is 0 Å². The van der Waals surface area contributed by atoms with Gasteiger partial charge in [0.1, 0.15) is 5.75 Å². The highest BCUT2D eigenvalue weighted by Crippen LogP contribution is 2.34. The van der Waals surface area contributed by atoms with Crippen LogP contribution in [-0.4, -0.2) is 5.11 Å². The molecule has 1 N–H and O–H groups in total. The first-order chi connectivity index (χ1) is 8.97. The van der Waals surface area contributed by atoms with Crippen LogP contribution in [0.1, 0.15) is 18.6 Å². The average molecular weight is 390 g/mol. The van der Waals surface area contributed by atoms with E-state index in [0.717, 1.165) is 10.0 Å². The quantitative estimate of drug-likeness (QED) is 0.781. The van der Waals surface area contributed by atoms with E-state index in [9.17, 15) is 9.50 Å². The first-order valence-electron chi connectivity index (χ1n) is 5.58. The predicted octanol–water partition coefficient (Wildman–Crippen LogP) is 5.20. The van der Waals surface area contributed by atoms with Gasteiger partial charge in [0.2, 0.25) is 0 Å². The lowest BCUT2D eigenvalue weighted by Gasteiger charge is -2.11. The van der Waals surface area contributed by atoms with Crippen LogP contribution in [0.25, 0.3) is 0 Å². The molecule has 2 rings (SSSR count). The highest BCUT2D eigenvalue weighted by atomic mass is 79.9. The fraction of sp³-hybridized carbons (Fsp3) is 0.143. The Morgan fingerprint density at radius 2 is 1.84 bits per heavy atom.